The van der Waals surface area contributed by atoms with Crippen molar-refractivity contribution in [1.82, 2.24) is 15.0 Å². The van der Waals surface area contributed by atoms with Crippen molar-refractivity contribution in [3.63, 3.8) is 0 Å². The lowest BCUT2D eigenvalue weighted by Gasteiger charge is -2.29. The number of pyridine rings is 1. The molecule has 10 heteroatoms. The second-order valence-electron chi connectivity index (χ2n) is 5.81. The largest absolute Gasteiger partial charge is 0.481 e. The van der Waals surface area contributed by atoms with Crippen molar-refractivity contribution < 1.29 is 14.3 Å². The number of carbonyl (C=O) groups is 1. The van der Waals surface area contributed by atoms with Crippen LogP contribution < -0.4 is 26.8 Å². The average molecular weight is 359 g/mol. The highest BCUT2D eigenvalue weighted by atomic mass is 16.5. The molecule has 1 aliphatic heterocycles. The molecule has 1 fully saturated rings. The van der Waals surface area contributed by atoms with Crippen LogP contribution in [0.2, 0.25) is 0 Å². The molecule has 1 aliphatic rings. The van der Waals surface area contributed by atoms with Gasteiger partial charge in [0.1, 0.15) is 5.82 Å². The van der Waals surface area contributed by atoms with Gasteiger partial charge < -0.3 is 31.6 Å². The van der Waals surface area contributed by atoms with Crippen molar-refractivity contribution in [3.8, 4) is 5.88 Å². The van der Waals surface area contributed by atoms with Crippen LogP contribution in [0.4, 0.5) is 17.3 Å². The molecule has 0 saturated carbocycles. The minimum Gasteiger partial charge on any atom is -0.481 e. The van der Waals surface area contributed by atoms with Gasteiger partial charge in [-0.3, -0.25) is 4.79 Å². The van der Waals surface area contributed by atoms with E-state index in [2.05, 4.69) is 25.6 Å². The first-order valence-corrected chi connectivity index (χ1v) is 8.10. The summed E-state index contributed by atoms with van der Waals surface area (Å²) in [4.78, 5) is 24.3. The van der Waals surface area contributed by atoms with E-state index in [4.69, 9.17) is 20.9 Å². The number of carbonyl (C=O) groups excluding carboxylic acids is 1. The molecule has 0 spiro atoms. The number of methoxy groups -OCH3 is 1. The molecule has 3 heterocycles. The third kappa shape index (κ3) is 4.16. The number of nitrogens with one attached hydrogen (secondary N) is 2. The van der Waals surface area contributed by atoms with Crippen LogP contribution in [0.1, 0.15) is 16.9 Å². The Hall–Kier alpha value is -2.98. The fourth-order valence-electron chi connectivity index (χ4n) is 2.59. The van der Waals surface area contributed by atoms with Crippen molar-refractivity contribution in [3.05, 3.63) is 30.2 Å². The minimum absolute atomic E-state index is 0.00588. The zero-order valence-electron chi connectivity index (χ0n) is 14.3. The summed E-state index contributed by atoms with van der Waals surface area (Å²) in [6.07, 6.45) is 3.78. The molecule has 0 aliphatic carbocycles. The van der Waals surface area contributed by atoms with Gasteiger partial charge in [-0.1, -0.05) is 0 Å². The Morgan fingerprint density at radius 1 is 1.42 bits per heavy atom. The third-order valence-electron chi connectivity index (χ3n) is 3.95. The quantitative estimate of drug-likeness (QED) is 0.569. The van der Waals surface area contributed by atoms with Crippen LogP contribution in [0.3, 0.4) is 0 Å². The third-order valence-corrected chi connectivity index (χ3v) is 3.95. The first-order chi connectivity index (χ1) is 12.6. The Bertz CT molecular complexity index is 786. The van der Waals surface area contributed by atoms with Gasteiger partial charge in [-0.25, -0.2) is 15.0 Å². The number of primary amides is 1. The second-order valence-corrected chi connectivity index (χ2v) is 5.81. The Labute approximate surface area is 150 Å². The van der Waals surface area contributed by atoms with Crippen LogP contribution in [0.25, 0.3) is 0 Å². The first-order valence-electron chi connectivity index (χ1n) is 8.10. The number of aromatic nitrogens is 3. The SMILES string of the molecule is COc1cc(Nc2nc(NC3CCOCC3N)cnc2C(N)=O)ccn1. The summed E-state index contributed by atoms with van der Waals surface area (Å²) < 4.78 is 10.4. The lowest BCUT2D eigenvalue weighted by molar-refractivity contribution is 0.0752. The van der Waals surface area contributed by atoms with Gasteiger partial charge in [0.15, 0.2) is 11.5 Å². The molecular formula is C16H21N7O3. The van der Waals surface area contributed by atoms with E-state index in [1.165, 1.54) is 13.3 Å². The minimum atomic E-state index is -0.685. The van der Waals surface area contributed by atoms with Gasteiger partial charge >= 0.3 is 0 Å². The molecule has 6 N–H and O–H groups in total. The van der Waals surface area contributed by atoms with E-state index in [9.17, 15) is 4.79 Å². The fraction of sp³-hybridized carbons (Fsp3) is 0.375. The molecule has 1 saturated heterocycles. The van der Waals surface area contributed by atoms with E-state index in [0.29, 0.717) is 30.6 Å². The number of nitrogens with two attached hydrogens (primary N) is 2. The lowest BCUT2D eigenvalue weighted by atomic mass is 10.0. The standard InChI is InChI=1S/C16H21N7O3/c1-25-13-6-9(2-4-19-13)21-16-14(15(18)24)20-7-12(23-16)22-11-3-5-26-8-10(11)17/h2,4,6-7,10-11H,3,5,8,17H2,1H3,(H2,18,24)(H2,19,21,22,23). The van der Waals surface area contributed by atoms with E-state index in [1.807, 2.05) is 0 Å². The molecule has 2 atom stereocenters. The number of hydrogen-bond donors (Lipinski definition) is 4. The summed E-state index contributed by atoms with van der Waals surface area (Å²) in [5.41, 5.74) is 12.1. The van der Waals surface area contributed by atoms with Crippen LogP contribution in [0.5, 0.6) is 5.88 Å². The van der Waals surface area contributed by atoms with Crippen molar-refractivity contribution >= 4 is 23.2 Å². The molecule has 2 aromatic rings. The fourth-order valence-corrected chi connectivity index (χ4v) is 2.59. The molecule has 0 bridgehead atoms. The van der Waals surface area contributed by atoms with Crippen LogP contribution in [0, 0.1) is 0 Å². The van der Waals surface area contributed by atoms with E-state index >= 15 is 0 Å². The van der Waals surface area contributed by atoms with Gasteiger partial charge in [-0.15, -0.1) is 0 Å². The summed E-state index contributed by atoms with van der Waals surface area (Å²) in [6.45, 7) is 1.10. The highest BCUT2D eigenvalue weighted by molar-refractivity contribution is 5.96. The van der Waals surface area contributed by atoms with E-state index < -0.39 is 5.91 Å². The van der Waals surface area contributed by atoms with Gasteiger partial charge in [0.25, 0.3) is 5.91 Å². The molecular weight excluding hydrogens is 338 g/mol. The number of nitrogens with zero attached hydrogens (tertiary/aromatic N) is 3. The molecule has 2 aromatic heterocycles. The molecule has 1 amide bonds. The predicted molar refractivity (Wildman–Crippen MR) is 95.4 cm³/mol. The zero-order valence-corrected chi connectivity index (χ0v) is 14.3. The van der Waals surface area contributed by atoms with E-state index in [0.717, 1.165) is 6.42 Å². The van der Waals surface area contributed by atoms with E-state index in [-0.39, 0.29) is 23.6 Å². The Morgan fingerprint density at radius 2 is 2.27 bits per heavy atom. The summed E-state index contributed by atoms with van der Waals surface area (Å²) in [7, 11) is 1.52. The number of hydrogen-bond acceptors (Lipinski definition) is 9. The Kier molecular flexibility index (Phi) is 5.44. The van der Waals surface area contributed by atoms with Gasteiger partial charge in [0.2, 0.25) is 5.88 Å². The smallest absolute Gasteiger partial charge is 0.271 e. The maximum atomic E-state index is 11.7. The van der Waals surface area contributed by atoms with E-state index in [1.54, 1.807) is 18.3 Å². The second kappa shape index (κ2) is 7.93. The van der Waals surface area contributed by atoms with Crippen LogP contribution in [-0.4, -0.2) is 53.3 Å². The highest BCUT2D eigenvalue weighted by Gasteiger charge is 2.23. The number of ether oxygens (including phenoxy) is 2. The van der Waals surface area contributed by atoms with Gasteiger partial charge in [0, 0.05) is 36.6 Å². The predicted octanol–water partition coefficient (Wildman–Crippen LogP) is 0.251. The van der Waals surface area contributed by atoms with Crippen molar-refractivity contribution in [2.45, 2.75) is 18.5 Å². The number of anilines is 3. The lowest BCUT2D eigenvalue weighted by Crippen LogP contribution is -2.47. The van der Waals surface area contributed by atoms with Crippen molar-refractivity contribution in [2.75, 3.05) is 31.0 Å². The van der Waals surface area contributed by atoms with Crippen molar-refractivity contribution in [1.29, 1.82) is 0 Å². The topological polar surface area (TPSA) is 150 Å². The van der Waals surface area contributed by atoms with Crippen molar-refractivity contribution in [2.24, 2.45) is 11.5 Å². The summed E-state index contributed by atoms with van der Waals surface area (Å²) in [6, 6.07) is 3.23. The van der Waals surface area contributed by atoms with Crippen LogP contribution in [0.15, 0.2) is 24.5 Å². The normalized spacial score (nSPS) is 19.6. The molecule has 10 nitrogen and oxygen atoms in total. The molecule has 2 unspecified atom stereocenters. The van der Waals surface area contributed by atoms with Crippen LogP contribution >= 0.6 is 0 Å². The molecule has 0 radical (unpaired) electrons. The van der Waals surface area contributed by atoms with Gasteiger partial charge in [-0.05, 0) is 12.5 Å². The number of rotatable bonds is 6. The number of amides is 1. The molecule has 138 valence electrons. The molecule has 0 aromatic carbocycles. The average Bonchev–Trinajstić information content (AvgIpc) is 2.64. The maximum absolute atomic E-state index is 11.7. The maximum Gasteiger partial charge on any atom is 0.271 e. The van der Waals surface area contributed by atoms with Crippen LogP contribution in [-0.2, 0) is 4.74 Å². The van der Waals surface area contributed by atoms with Gasteiger partial charge in [0.05, 0.1) is 19.9 Å². The molecule has 26 heavy (non-hydrogen) atoms. The summed E-state index contributed by atoms with van der Waals surface area (Å²) in [5, 5.41) is 6.26. The highest BCUT2D eigenvalue weighted by Crippen LogP contribution is 2.22. The Morgan fingerprint density at radius 3 is 3.00 bits per heavy atom. The molecule has 3 rings (SSSR count). The first kappa shape index (κ1) is 17.8. The monoisotopic (exact) mass is 359 g/mol. The summed E-state index contributed by atoms with van der Waals surface area (Å²) >= 11 is 0. The Balaban J connectivity index is 1.85. The zero-order chi connectivity index (χ0) is 18.5. The van der Waals surface area contributed by atoms with Gasteiger partial charge in [-0.2, -0.15) is 0 Å². The summed E-state index contributed by atoms with van der Waals surface area (Å²) in [5.74, 6) is 0.457.